The number of nitrogen functional groups attached to an aromatic ring is 1. The van der Waals surface area contributed by atoms with E-state index < -0.39 is 11.4 Å². The molecule has 0 saturated carbocycles. The van der Waals surface area contributed by atoms with Crippen LogP contribution in [0.15, 0.2) is 30.5 Å². The molecule has 6 nitrogen and oxygen atoms in total. The highest BCUT2D eigenvalue weighted by atomic mass is 35.5. The van der Waals surface area contributed by atoms with Crippen LogP contribution in [0.1, 0.15) is 20.8 Å². The summed E-state index contributed by atoms with van der Waals surface area (Å²) in [6, 6.07) is 6.89. The second-order valence-electron chi connectivity index (χ2n) is 7.74. The van der Waals surface area contributed by atoms with Crippen molar-refractivity contribution < 1.29 is 13.9 Å². The number of ether oxygens (including phenoxy) is 1. The van der Waals surface area contributed by atoms with Gasteiger partial charge in [-0.25, -0.2) is 14.2 Å². The molecule has 28 heavy (non-hydrogen) atoms. The van der Waals surface area contributed by atoms with Gasteiger partial charge in [-0.05, 0) is 50.6 Å². The highest BCUT2D eigenvalue weighted by Gasteiger charge is 2.26. The number of hydrogen-bond donors (Lipinski definition) is 1. The third kappa shape index (κ3) is 4.84. The zero-order valence-electron chi connectivity index (χ0n) is 16.2. The molecule has 8 heteroatoms. The molecule has 1 aromatic heterocycles. The SMILES string of the molecule is CC(C)(C)OC(=O)N1CCN(c2cc(Cl)cc(-c3cnc(N)c(F)c3)c2)CC1. The van der Waals surface area contributed by atoms with Crippen molar-refractivity contribution in [3.8, 4) is 11.1 Å². The first-order valence-electron chi connectivity index (χ1n) is 9.07. The zero-order chi connectivity index (χ0) is 20.5. The van der Waals surface area contributed by atoms with Crippen molar-refractivity contribution in [1.82, 2.24) is 9.88 Å². The van der Waals surface area contributed by atoms with Crippen LogP contribution in [0, 0.1) is 5.82 Å². The van der Waals surface area contributed by atoms with Crippen LogP contribution >= 0.6 is 11.6 Å². The Morgan fingerprint density at radius 2 is 1.82 bits per heavy atom. The minimum Gasteiger partial charge on any atom is -0.444 e. The number of halogens is 2. The van der Waals surface area contributed by atoms with E-state index in [2.05, 4.69) is 9.88 Å². The molecular weight excluding hydrogens is 383 g/mol. The van der Waals surface area contributed by atoms with E-state index >= 15 is 0 Å². The fourth-order valence-corrected chi connectivity index (χ4v) is 3.23. The van der Waals surface area contributed by atoms with Gasteiger partial charge in [-0.15, -0.1) is 0 Å². The number of amides is 1. The van der Waals surface area contributed by atoms with E-state index in [1.54, 1.807) is 11.0 Å². The Bertz CT molecular complexity index is 877. The lowest BCUT2D eigenvalue weighted by atomic mass is 10.1. The van der Waals surface area contributed by atoms with Crippen molar-refractivity contribution in [2.75, 3.05) is 36.8 Å². The Hall–Kier alpha value is -2.54. The van der Waals surface area contributed by atoms with Crippen LogP contribution in [0.2, 0.25) is 5.02 Å². The molecule has 2 N–H and O–H groups in total. The lowest BCUT2D eigenvalue weighted by Gasteiger charge is -2.37. The highest BCUT2D eigenvalue weighted by Crippen LogP contribution is 2.30. The molecule has 1 aliphatic heterocycles. The topological polar surface area (TPSA) is 71.7 Å². The number of carbonyl (C=O) groups excluding carboxylic acids is 1. The Morgan fingerprint density at radius 3 is 2.43 bits per heavy atom. The summed E-state index contributed by atoms with van der Waals surface area (Å²) in [5.74, 6) is -0.700. The van der Waals surface area contributed by atoms with E-state index in [1.807, 2.05) is 32.9 Å². The van der Waals surface area contributed by atoms with Gasteiger partial charge in [0.25, 0.3) is 0 Å². The number of aromatic nitrogens is 1. The van der Waals surface area contributed by atoms with Gasteiger partial charge in [0.15, 0.2) is 11.6 Å². The number of piperazine rings is 1. The molecule has 0 bridgehead atoms. The summed E-state index contributed by atoms with van der Waals surface area (Å²) in [4.78, 5) is 19.9. The molecule has 0 radical (unpaired) electrons. The van der Waals surface area contributed by atoms with Crippen molar-refractivity contribution in [2.24, 2.45) is 0 Å². The van der Waals surface area contributed by atoms with Crippen LogP contribution in [0.3, 0.4) is 0 Å². The molecule has 0 spiro atoms. The van der Waals surface area contributed by atoms with Gasteiger partial charge in [0.05, 0.1) is 0 Å². The van der Waals surface area contributed by atoms with E-state index in [-0.39, 0.29) is 11.9 Å². The Morgan fingerprint density at radius 1 is 1.14 bits per heavy atom. The quantitative estimate of drug-likeness (QED) is 0.809. The predicted octanol–water partition coefficient (Wildman–Crippen LogP) is 4.18. The number of benzene rings is 1. The number of rotatable bonds is 2. The first kappa shape index (κ1) is 20.2. The molecular formula is C20H24ClFN4O2. The van der Waals surface area contributed by atoms with Gasteiger partial charge in [-0.1, -0.05) is 11.6 Å². The van der Waals surface area contributed by atoms with Crippen LogP contribution in [0.5, 0.6) is 0 Å². The number of anilines is 2. The van der Waals surface area contributed by atoms with Crippen LogP contribution in [0.4, 0.5) is 20.7 Å². The molecule has 1 amide bonds. The Balaban J connectivity index is 1.74. The van der Waals surface area contributed by atoms with Gasteiger partial charge in [0.2, 0.25) is 0 Å². The monoisotopic (exact) mass is 406 g/mol. The molecule has 1 aromatic carbocycles. The first-order chi connectivity index (χ1) is 13.1. The van der Waals surface area contributed by atoms with Crippen molar-refractivity contribution in [3.63, 3.8) is 0 Å². The van der Waals surface area contributed by atoms with Gasteiger partial charge >= 0.3 is 6.09 Å². The van der Waals surface area contributed by atoms with Crippen LogP contribution in [-0.2, 0) is 4.74 Å². The van der Waals surface area contributed by atoms with E-state index in [9.17, 15) is 9.18 Å². The number of carbonyl (C=O) groups is 1. The molecule has 1 aliphatic rings. The van der Waals surface area contributed by atoms with E-state index in [0.29, 0.717) is 36.8 Å². The fourth-order valence-electron chi connectivity index (χ4n) is 3.00. The standard InChI is InChI=1S/C20H24ClFN4O2/c1-20(2,3)28-19(27)26-6-4-25(5-7-26)16-9-13(8-15(21)11-16)14-10-17(22)18(23)24-12-14/h8-12H,4-7H2,1-3H3,(H2,23,24). The number of hydrogen-bond acceptors (Lipinski definition) is 5. The normalized spacial score (nSPS) is 14.9. The highest BCUT2D eigenvalue weighted by molar-refractivity contribution is 6.31. The third-order valence-electron chi connectivity index (χ3n) is 4.38. The molecule has 2 aromatic rings. The minimum absolute atomic E-state index is 0.135. The summed E-state index contributed by atoms with van der Waals surface area (Å²) in [6.07, 6.45) is 1.22. The van der Waals surface area contributed by atoms with E-state index in [0.717, 1.165) is 11.3 Å². The van der Waals surface area contributed by atoms with Crippen molar-refractivity contribution in [2.45, 2.75) is 26.4 Å². The largest absolute Gasteiger partial charge is 0.444 e. The van der Waals surface area contributed by atoms with Crippen molar-refractivity contribution >= 4 is 29.2 Å². The van der Waals surface area contributed by atoms with Gasteiger partial charge < -0.3 is 20.3 Å². The van der Waals surface area contributed by atoms with Crippen LogP contribution in [0.25, 0.3) is 11.1 Å². The molecule has 3 rings (SSSR count). The van der Waals surface area contributed by atoms with Gasteiger partial charge in [-0.3, -0.25) is 0 Å². The van der Waals surface area contributed by atoms with Gasteiger partial charge in [0, 0.05) is 48.6 Å². The van der Waals surface area contributed by atoms with Crippen LogP contribution in [-0.4, -0.2) is 47.8 Å². The minimum atomic E-state index is -0.565. The van der Waals surface area contributed by atoms with E-state index in [4.69, 9.17) is 22.1 Å². The Kier molecular flexibility index (Phi) is 5.65. The molecule has 1 fully saturated rings. The summed E-state index contributed by atoms with van der Waals surface area (Å²) in [6.45, 7) is 7.95. The maximum Gasteiger partial charge on any atom is 0.410 e. The molecule has 0 aliphatic carbocycles. The second kappa shape index (κ2) is 7.83. The van der Waals surface area contributed by atoms with Crippen LogP contribution < -0.4 is 10.6 Å². The maximum absolute atomic E-state index is 13.8. The van der Waals surface area contributed by atoms with Crippen molar-refractivity contribution in [3.05, 3.63) is 41.3 Å². The fraction of sp³-hybridized carbons (Fsp3) is 0.400. The second-order valence-corrected chi connectivity index (χ2v) is 8.18. The first-order valence-corrected chi connectivity index (χ1v) is 9.45. The average Bonchev–Trinajstić information content (AvgIpc) is 2.62. The lowest BCUT2D eigenvalue weighted by molar-refractivity contribution is 0.0240. The summed E-state index contributed by atoms with van der Waals surface area (Å²) in [7, 11) is 0. The molecule has 0 unspecified atom stereocenters. The predicted molar refractivity (Wildman–Crippen MR) is 109 cm³/mol. The maximum atomic E-state index is 13.8. The average molecular weight is 407 g/mol. The van der Waals surface area contributed by atoms with Crippen molar-refractivity contribution in [1.29, 1.82) is 0 Å². The number of nitrogens with two attached hydrogens (primary N) is 1. The van der Waals surface area contributed by atoms with E-state index in [1.165, 1.54) is 12.3 Å². The van der Waals surface area contributed by atoms with Gasteiger partial charge in [0.1, 0.15) is 5.60 Å². The number of pyridine rings is 1. The molecule has 2 heterocycles. The summed E-state index contributed by atoms with van der Waals surface area (Å²) in [5.41, 5.74) is 7.20. The lowest BCUT2D eigenvalue weighted by Crippen LogP contribution is -2.50. The molecule has 1 saturated heterocycles. The summed E-state index contributed by atoms with van der Waals surface area (Å²) in [5, 5.41) is 0.541. The smallest absolute Gasteiger partial charge is 0.410 e. The summed E-state index contributed by atoms with van der Waals surface area (Å²) >= 11 is 6.29. The molecule has 0 atom stereocenters. The number of nitrogens with zero attached hydrogens (tertiary/aromatic N) is 3. The molecule has 150 valence electrons. The Labute approximate surface area is 169 Å². The summed E-state index contributed by atoms with van der Waals surface area (Å²) < 4.78 is 19.2. The van der Waals surface area contributed by atoms with Gasteiger partial charge in [-0.2, -0.15) is 0 Å². The third-order valence-corrected chi connectivity index (χ3v) is 4.60. The zero-order valence-corrected chi connectivity index (χ0v) is 17.0.